The number of aryl methyl sites for hydroxylation is 1. The lowest BCUT2D eigenvalue weighted by Crippen LogP contribution is -2.13. The van der Waals surface area contributed by atoms with Crippen molar-refractivity contribution in [3.63, 3.8) is 0 Å². The number of amides is 1. The van der Waals surface area contributed by atoms with Gasteiger partial charge in [-0.2, -0.15) is 4.39 Å². The van der Waals surface area contributed by atoms with Crippen LogP contribution in [0.3, 0.4) is 0 Å². The van der Waals surface area contributed by atoms with Crippen LogP contribution < -0.4 is 5.32 Å². The van der Waals surface area contributed by atoms with Crippen LogP contribution in [0.25, 0.3) is 0 Å². The summed E-state index contributed by atoms with van der Waals surface area (Å²) in [5.74, 6) is -2.38. The third-order valence-corrected chi connectivity index (χ3v) is 3.44. The Morgan fingerprint density at radius 3 is 2.74 bits per heavy atom. The minimum Gasteiger partial charge on any atom is -0.477 e. The molecule has 0 spiro atoms. The maximum atomic E-state index is 12.9. The lowest BCUT2D eigenvalue weighted by Gasteiger charge is -2.01. The van der Waals surface area contributed by atoms with Gasteiger partial charge in [0, 0.05) is 0 Å². The highest BCUT2D eigenvalue weighted by Gasteiger charge is 2.15. The number of thiophene rings is 1. The minimum atomic E-state index is -1.05. The minimum absolute atomic E-state index is 0.0667. The second-order valence-electron chi connectivity index (χ2n) is 3.73. The van der Waals surface area contributed by atoms with Crippen molar-refractivity contribution in [3.8, 4) is 0 Å². The summed E-state index contributed by atoms with van der Waals surface area (Å²) >= 11 is 0.942. The van der Waals surface area contributed by atoms with Gasteiger partial charge in [-0.3, -0.25) is 4.79 Å². The largest absolute Gasteiger partial charge is 0.477 e. The lowest BCUT2D eigenvalue weighted by atomic mass is 10.3. The zero-order chi connectivity index (χ0) is 14.0. The molecule has 98 valence electrons. The molecule has 0 bridgehead atoms. The van der Waals surface area contributed by atoms with Crippen molar-refractivity contribution in [3.05, 3.63) is 46.3 Å². The number of nitrogens with one attached hydrogen (secondary N) is 1. The lowest BCUT2D eigenvalue weighted by molar-refractivity contribution is 0.0701. The van der Waals surface area contributed by atoms with Crippen LogP contribution in [-0.4, -0.2) is 22.0 Å². The van der Waals surface area contributed by atoms with Crippen molar-refractivity contribution in [2.75, 3.05) is 5.32 Å². The van der Waals surface area contributed by atoms with Gasteiger partial charge in [-0.1, -0.05) is 6.07 Å². The van der Waals surface area contributed by atoms with E-state index in [0.29, 0.717) is 10.6 Å². The van der Waals surface area contributed by atoms with E-state index in [0.717, 1.165) is 17.4 Å². The molecule has 0 radical (unpaired) electrons. The molecule has 0 fully saturated rings. The van der Waals surface area contributed by atoms with Gasteiger partial charge in [0.1, 0.15) is 10.6 Å². The van der Waals surface area contributed by atoms with E-state index >= 15 is 0 Å². The van der Waals surface area contributed by atoms with Gasteiger partial charge >= 0.3 is 5.97 Å². The molecule has 7 heteroatoms. The molecule has 2 aromatic heterocycles. The van der Waals surface area contributed by atoms with Crippen LogP contribution in [0.1, 0.15) is 25.7 Å². The molecule has 1 amide bonds. The maximum Gasteiger partial charge on any atom is 0.346 e. The predicted octanol–water partition coefficient (Wildman–Crippen LogP) is 2.54. The van der Waals surface area contributed by atoms with E-state index in [-0.39, 0.29) is 10.6 Å². The number of carbonyl (C=O) groups is 2. The number of carbonyl (C=O) groups excluding carboxylic acids is 1. The first kappa shape index (κ1) is 13.2. The molecule has 0 atom stereocenters. The monoisotopic (exact) mass is 280 g/mol. The maximum absolute atomic E-state index is 12.9. The van der Waals surface area contributed by atoms with Crippen LogP contribution in [0, 0.1) is 12.9 Å². The van der Waals surface area contributed by atoms with E-state index in [1.54, 1.807) is 13.0 Å². The van der Waals surface area contributed by atoms with Gasteiger partial charge in [-0.15, -0.1) is 11.3 Å². The van der Waals surface area contributed by atoms with Crippen LogP contribution in [0.15, 0.2) is 24.3 Å². The number of hydrogen-bond donors (Lipinski definition) is 2. The zero-order valence-corrected chi connectivity index (χ0v) is 10.6. The van der Waals surface area contributed by atoms with Crippen molar-refractivity contribution < 1.29 is 19.1 Å². The number of nitrogens with zero attached hydrogens (tertiary/aromatic N) is 1. The Balaban J connectivity index is 2.20. The van der Waals surface area contributed by atoms with Crippen molar-refractivity contribution >= 4 is 28.2 Å². The fourth-order valence-corrected chi connectivity index (χ4v) is 2.37. The van der Waals surface area contributed by atoms with Gasteiger partial charge in [0.25, 0.3) is 5.91 Å². The summed E-state index contributed by atoms with van der Waals surface area (Å²) in [5, 5.41) is 11.8. The SMILES string of the molecule is Cc1cc(NC(=O)c2cccc(F)n2)sc1C(=O)O. The molecule has 2 rings (SSSR count). The van der Waals surface area contributed by atoms with Crippen LogP contribution in [0.5, 0.6) is 0 Å². The standard InChI is InChI=1S/C12H9FN2O3S/c1-6-5-9(19-10(6)12(17)18)15-11(16)7-3-2-4-8(13)14-7/h2-5H,1H3,(H,15,16)(H,17,18). The first-order chi connectivity index (χ1) is 8.97. The molecule has 19 heavy (non-hydrogen) atoms. The fraction of sp³-hybridized carbons (Fsp3) is 0.0833. The smallest absolute Gasteiger partial charge is 0.346 e. The zero-order valence-electron chi connectivity index (χ0n) is 9.81. The van der Waals surface area contributed by atoms with Crippen LogP contribution in [0.4, 0.5) is 9.39 Å². The molecule has 0 aliphatic carbocycles. The Morgan fingerprint density at radius 1 is 1.42 bits per heavy atom. The summed E-state index contributed by atoms with van der Waals surface area (Å²) in [4.78, 5) is 26.2. The van der Waals surface area contributed by atoms with Crippen LogP contribution in [0.2, 0.25) is 0 Å². The van der Waals surface area contributed by atoms with Gasteiger partial charge in [-0.05, 0) is 30.7 Å². The van der Waals surface area contributed by atoms with E-state index < -0.39 is 17.8 Å². The number of pyridine rings is 1. The van der Waals surface area contributed by atoms with Gasteiger partial charge in [0.15, 0.2) is 0 Å². The highest BCUT2D eigenvalue weighted by Crippen LogP contribution is 2.26. The van der Waals surface area contributed by atoms with E-state index in [1.807, 2.05) is 0 Å². The van der Waals surface area contributed by atoms with Gasteiger partial charge < -0.3 is 10.4 Å². The Bertz CT molecular complexity index is 654. The summed E-state index contributed by atoms with van der Waals surface area (Å²) < 4.78 is 12.9. The Labute approximate surface area is 111 Å². The molecule has 5 nitrogen and oxygen atoms in total. The normalized spacial score (nSPS) is 10.2. The molecular weight excluding hydrogens is 271 g/mol. The molecular formula is C12H9FN2O3S. The third kappa shape index (κ3) is 2.94. The van der Waals surface area contributed by atoms with Gasteiger partial charge in [0.2, 0.25) is 5.95 Å². The Morgan fingerprint density at radius 2 is 2.16 bits per heavy atom. The topological polar surface area (TPSA) is 79.3 Å². The van der Waals surface area contributed by atoms with E-state index in [4.69, 9.17) is 5.11 Å². The first-order valence-corrected chi connectivity index (χ1v) is 6.06. The molecule has 0 aliphatic rings. The van der Waals surface area contributed by atoms with Crippen molar-refractivity contribution in [2.45, 2.75) is 6.92 Å². The summed E-state index contributed by atoms with van der Waals surface area (Å²) in [6.45, 7) is 1.63. The summed E-state index contributed by atoms with van der Waals surface area (Å²) in [5.41, 5.74) is 0.489. The fourth-order valence-electron chi connectivity index (χ4n) is 1.47. The van der Waals surface area contributed by atoms with E-state index in [1.165, 1.54) is 12.1 Å². The van der Waals surface area contributed by atoms with Crippen molar-refractivity contribution in [1.29, 1.82) is 0 Å². The molecule has 2 heterocycles. The molecule has 0 unspecified atom stereocenters. The number of rotatable bonds is 3. The number of hydrogen-bond acceptors (Lipinski definition) is 4. The van der Waals surface area contributed by atoms with Gasteiger partial charge in [0.05, 0.1) is 5.00 Å². The summed E-state index contributed by atoms with van der Waals surface area (Å²) in [7, 11) is 0. The quantitative estimate of drug-likeness (QED) is 0.847. The first-order valence-electron chi connectivity index (χ1n) is 5.25. The third-order valence-electron chi connectivity index (χ3n) is 2.30. The molecule has 0 aromatic carbocycles. The highest BCUT2D eigenvalue weighted by molar-refractivity contribution is 7.18. The number of anilines is 1. The van der Waals surface area contributed by atoms with E-state index in [2.05, 4.69) is 10.3 Å². The number of aromatic carboxylic acids is 1. The Hall–Kier alpha value is -2.28. The number of carboxylic acid groups (broad SMARTS) is 1. The molecule has 0 saturated heterocycles. The number of halogens is 1. The predicted molar refractivity (Wildman–Crippen MR) is 68.2 cm³/mol. The average molecular weight is 280 g/mol. The number of aromatic nitrogens is 1. The van der Waals surface area contributed by atoms with Crippen LogP contribution in [-0.2, 0) is 0 Å². The van der Waals surface area contributed by atoms with Gasteiger partial charge in [-0.25, -0.2) is 9.78 Å². The van der Waals surface area contributed by atoms with Crippen molar-refractivity contribution in [2.24, 2.45) is 0 Å². The molecule has 2 N–H and O–H groups in total. The summed E-state index contributed by atoms with van der Waals surface area (Å²) in [6.07, 6.45) is 0. The van der Waals surface area contributed by atoms with E-state index in [9.17, 15) is 14.0 Å². The Kier molecular flexibility index (Phi) is 3.57. The summed E-state index contributed by atoms with van der Waals surface area (Å²) in [6, 6.07) is 5.43. The van der Waals surface area contributed by atoms with Crippen LogP contribution >= 0.6 is 11.3 Å². The second-order valence-corrected chi connectivity index (χ2v) is 4.78. The molecule has 0 aliphatic heterocycles. The molecule has 2 aromatic rings. The van der Waals surface area contributed by atoms with Crippen molar-refractivity contribution in [1.82, 2.24) is 4.98 Å². The molecule has 0 saturated carbocycles. The number of carboxylic acids is 1. The second kappa shape index (κ2) is 5.15. The highest BCUT2D eigenvalue weighted by atomic mass is 32.1. The average Bonchev–Trinajstić information content (AvgIpc) is 2.70.